The van der Waals surface area contributed by atoms with E-state index in [2.05, 4.69) is 20.3 Å². The first-order chi connectivity index (χ1) is 8.49. The lowest BCUT2D eigenvalue weighted by atomic mass is 10.5. The predicted octanol–water partition coefficient (Wildman–Crippen LogP) is -0.255. The molecule has 0 saturated heterocycles. The Hall–Kier alpha value is -0.130. The third kappa shape index (κ3) is 15.8. The molecule has 0 aromatic rings. The fourth-order valence-corrected chi connectivity index (χ4v) is 1.63. The molecule has 0 spiro atoms. The van der Waals surface area contributed by atoms with E-state index in [-0.39, 0.29) is 24.0 Å². The van der Waals surface area contributed by atoms with E-state index in [9.17, 15) is 8.42 Å². The maximum Gasteiger partial charge on any atom is 0.208 e. The molecule has 7 nitrogen and oxygen atoms in total. The highest BCUT2D eigenvalue weighted by Crippen LogP contribution is 1.82. The first kappa shape index (κ1) is 21.2. The van der Waals surface area contributed by atoms with Crippen molar-refractivity contribution in [3.05, 3.63) is 0 Å². The monoisotopic (exact) mass is 408 g/mol. The zero-order valence-corrected chi connectivity index (χ0v) is 14.9. The number of ether oxygens (including phenoxy) is 1. The number of hydrogen-bond donors (Lipinski definition) is 3. The van der Waals surface area contributed by atoms with Crippen LogP contribution in [-0.4, -0.2) is 60.5 Å². The van der Waals surface area contributed by atoms with Crippen LogP contribution in [-0.2, 0) is 14.8 Å². The molecule has 0 bridgehead atoms. The Bertz CT molecular complexity index is 336. The molecule has 0 atom stereocenters. The van der Waals surface area contributed by atoms with Gasteiger partial charge >= 0.3 is 0 Å². The van der Waals surface area contributed by atoms with Gasteiger partial charge in [-0.05, 0) is 13.3 Å². The number of nitrogens with one attached hydrogen (secondary N) is 3. The second-order valence-corrected chi connectivity index (χ2v) is 5.53. The Morgan fingerprint density at radius 3 is 2.47 bits per heavy atom. The van der Waals surface area contributed by atoms with Crippen molar-refractivity contribution in [2.75, 3.05) is 46.2 Å². The number of hydrogen-bond acceptors (Lipinski definition) is 4. The van der Waals surface area contributed by atoms with Crippen LogP contribution < -0.4 is 15.4 Å². The summed E-state index contributed by atoms with van der Waals surface area (Å²) < 4.78 is 29.0. The molecule has 0 fully saturated rings. The SMILES string of the molecule is CCNC(=NCCCOC)NCCNS(C)(=O)=O.I. The van der Waals surface area contributed by atoms with Gasteiger partial charge in [0.05, 0.1) is 6.26 Å². The van der Waals surface area contributed by atoms with Gasteiger partial charge in [-0.1, -0.05) is 0 Å². The number of halogens is 1. The highest BCUT2D eigenvalue weighted by atomic mass is 127. The van der Waals surface area contributed by atoms with Crippen LogP contribution in [0.5, 0.6) is 0 Å². The van der Waals surface area contributed by atoms with Crippen LogP contribution in [0.3, 0.4) is 0 Å². The first-order valence-corrected chi connectivity index (χ1v) is 7.84. The number of sulfonamides is 1. The second-order valence-electron chi connectivity index (χ2n) is 3.70. The Morgan fingerprint density at radius 2 is 1.95 bits per heavy atom. The quantitative estimate of drug-likeness (QED) is 0.212. The number of rotatable bonds is 9. The summed E-state index contributed by atoms with van der Waals surface area (Å²) in [6.07, 6.45) is 1.99. The third-order valence-corrected chi connectivity index (χ3v) is 2.63. The van der Waals surface area contributed by atoms with Crippen molar-refractivity contribution in [3.8, 4) is 0 Å². The summed E-state index contributed by atoms with van der Waals surface area (Å²) in [6, 6.07) is 0. The lowest BCUT2D eigenvalue weighted by Crippen LogP contribution is -2.41. The van der Waals surface area contributed by atoms with Crippen LogP contribution in [0, 0.1) is 0 Å². The highest BCUT2D eigenvalue weighted by Gasteiger charge is 2.00. The van der Waals surface area contributed by atoms with Gasteiger partial charge in [-0.25, -0.2) is 13.1 Å². The Kier molecular flexibility index (Phi) is 14.4. The predicted molar refractivity (Wildman–Crippen MR) is 88.7 cm³/mol. The molecule has 0 aromatic carbocycles. The Balaban J connectivity index is 0. The summed E-state index contributed by atoms with van der Waals surface area (Å²) in [5.41, 5.74) is 0. The van der Waals surface area contributed by atoms with E-state index in [1.807, 2.05) is 6.92 Å². The zero-order valence-electron chi connectivity index (χ0n) is 11.7. The summed E-state index contributed by atoms with van der Waals surface area (Å²) in [5, 5.41) is 6.12. The molecule has 0 aliphatic carbocycles. The molecule has 0 unspecified atom stereocenters. The Morgan fingerprint density at radius 1 is 1.26 bits per heavy atom. The van der Waals surface area contributed by atoms with Gasteiger partial charge in [0, 0.05) is 39.9 Å². The van der Waals surface area contributed by atoms with E-state index >= 15 is 0 Å². The summed E-state index contributed by atoms with van der Waals surface area (Å²) in [7, 11) is -1.47. The van der Waals surface area contributed by atoms with Gasteiger partial charge < -0.3 is 15.4 Å². The fraction of sp³-hybridized carbons (Fsp3) is 0.900. The molecule has 0 saturated carbocycles. The van der Waals surface area contributed by atoms with Gasteiger partial charge in [-0.2, -0.15) is 0 Å². The topological polar surface area (TPSA) is 91.8 Å². The molecule has 0 aliphatic rings. The zero-order chi connectivity index (χ0) is 13.9. The van der Waals surface area contributed by atoms with Gasteiger partial charge in [-0.15, -0.1) is 24.0 Å². The van der Waals surface area contributed by atoms with Crippen molar-refractivity contribution >= 4 is 40.0 Å². The number of methoxy groups -OCH3 is 1. The summed E-state index contributed by atoms with van der Waals surface area (Å²) >= 11 is 0. The van der Waals surface area contributed by atoms with Crippen molar-refractivity contribution in [1.82, 2.24) is 15.4 Å². The Labute approximate surface area is 133 Å². The maximum atomic E-state index is 10.8. The molecule has 116 valence electrons. The third-order valence-electron chi connectivity index (χ3n) is 1.90. The molecule has 3 N–H and O–H groups in total. The summed E-state index contributed by atoms with van der Waals surface area (Å²) in [4.78, 5) is 4.32. The van der Waals surface area contributed by atoms with Crippen LogP contribution in [0.1, 0.15) is 13.3 Å². The van der Waals surface area contributed by atoms with Crippen molar-refractivity contribution < 1.29 is 13.2 Å². The lowest BCUT2D eigenvalue weighted by molar-refractivity contribution is 0.197. The van der Waals surface area contributed by atoms with Crippen LogP contribution in [0.25, 0.3) is 0 Å². The van der Waals surface area contributed by atoms with E-state index in [4.69, 9.17) is 4.74 Å². The van der Waals surface area contributed by atoms with E-state index in [1.165, 1.54) is 0 Å². The van der Waals surface area contributed by atoms with Gasteiger partial charge in [0.25, 0.3) is 0 Å². The minimum Gasteiger partial charge on any atom is -0.385 e. The van der Waals surface area contributed by atoms with E-state index in [0.29, 0.717) is 32.2 Å². The van der Waals surface area contributed by atoms with Crippen molar-refractivity contribution in [1.29, 1.82) is 0 Å². The first-order valence-electron chi connectivity index (χ1n) is 5.95. The van der Waals surface area contributed by atoms with Crippen molar-refractivity contribution in [2.45, 2.75) is 13.3 Å². The lowest BCUT2D eigenvalue weighted by Gasteiger charge is -2.11. The van der Waals surface area contributed by atoms with Crippen molar-refractivity contribution in [3.63, 3.8) is 0 Å². The normalized spacial score (nSPS) is 11.8. The number of guanidine groups is 1. The molecular weight excluding hydrogens is 383 g/mol. The van der Waals surface area contributed by atoms with Gasteiger partial charge in [0.1, 0.15) is 0 Å². The van der Waals surface area contributed by atoms with Crippen LogP contribution in [0.4, 0.5) is 0 Å². The molecule has 0 heterocycles. The summed E-state index contributed by atoms with van der Waals surface area (Å²) in [6.45, 7) is 4.91. The van der Waals surface area contributed by atoms with Crippen LogP contribution in [0.2, 0.25) is 0 Å². The smallest absolute Gasteiger partial charge is 0.208 e. The van der Waals surface area contributed by atoms with Crippen LogP contribution in [0.15, 0.2) is 4.99 Å². The number of nitrogens with zero attached hydrogens (tertiary/aromatic N) is 1. The summed E-state index contributed by atoms with van der Waals surface area (Å²) in [5.74, 6) is 0.684. The molecule has 0 rings (SSSR count). The van der Waals surface area contributed by atoms with Crippen LogP contribution >= 0.6 is 24.0 Å². The van der Waals surface area contributed by atoms with Gasteiger partial charge in [-0.3, -0.25) is 4.99 Å². The highest BCUT2D eigenvalue weighted by molar-refractivity contribution is 14.0. The van der Waals surface area contributed by atoms with E-state index < -0.39 is 10.0 Å². The second kappa shape index (κ2) is 12.9. The molecule has 0 aliphatic heterocycles. The van der Waals surface area contributed by atoms with E-state index in [1.54, 1.807) is 7.11 Å². The standard InChI is InChI=1S/C10H24N4O3S.HI/c1-4-11-10(12-6-5-9-17-2)13-7-8-14-18(3,15)16;/h14H,4-9H2,1-3H3,(H2,11,12,13);1H. The minimum absolute atomic E-state index is 0. The molecular formula is C10H25IN4O3S. The fourth-order valence-electron chi connectivity index (χ4n) is 1.16. The minimum atomic E-state index is -3.13. The molecule has 9 heteroatoms. The van der Waals surface area contributed by atoms with Crippen molar-refractivity contribution in [2.24, 2.45) is 4.99 Å². The number of aliphatic imine (C=N–C) groups is 1. The maximum absolute atomic E-state index is 10.8. The molecule has 0 radical (unpaired) electrons. The average molecular weight is 408 g/mol. The molecule has 19 heavy (non-hydrogen) atoms. The van der Waals surface area contributed by atoms with Gasteiger partial charge in [0.15, 0.2) is 5.96 Å². The average Bonchev–Trinajstić information content (AvgIpc) is 2.28. The van der Waals surface area contributed by atoms with Gasteiger partial charge in [0.2, 0.25) is 10.0 Å². The molecule has 0 aromatic heterocycles. The van der Waals surface area contributed by atoms with E-state index in [0.717, 1.165) is 19.2 Å². The molecule has 0 amide bonds. The largest absolute Gasteiger partial charge is 0.385 e.